The third kappa shape index (κ3) is 11.5. The molecule has 1 unspecified atom stereocenters. The summed E-state index contributed by atoms with van der Waals surface area (Å²) in [5, 5.41) is 9.03. The van der Waals surface area contributed by atoms with Crippen LogP contribution in [0.4, 0.5) is 0 Å². The van der Waals surface area contributed by atoms with Crippen molar-refractivity contribution in [2.24, 2.45) is 0 Å². The fraction of sp³-hybridized carbons (Fsp3) is 0.769. The van der Waals surface area contributed by atoms with E-state index in [0.29, 0.717) is 6.42 Å². The number of hydrogen-bond acceptors (Lipinski definition) is 8. The summed E-state index contributed by atoms with van der Waals surface area (Å²) in [5.41, 5.74) is 0. The van der Waals surface area contributed by atoms with Crippen LogP contribution in [0.1, 0.15) is 45.4 Å². The molecule has 128 valence electrons. The van der Waals surface area contributed by atoms with Crippen molar-refractivity contribution in [2.75, 3.05) is 13.7 Å². The van der Waals surface area contributed by atoms with E-state index in [1.807, 2.05) is 0 Å². The Bertz CT molecular complexity index is 480. The van der Waals surface area contributed by atoms with Crippen LogP contribution in [0, 0.1) is 0 Å². The highest BCUT2D eigenvalue weighted by atomic mass is 32.3. The maximum Gasteiger partial charge on any atom is 0.400 e. The summed E-state index contributed by atoms with van der Waals surface area (Å²) in [6.07, 6.45) is -0.0969. The summed E-state index contributed by atoms with van der Waals surface area (Å²) in [5.74, 6) is -0.919. The van der Waals surface area contributed by atoms with Crippen molar-refractivity contribution in [3.05, 3.63) is 0 Å². The molecule has 1 atom stereocenters. The summed E-state index contributed by atoms with van der Waals surface area (Å²) in [4.78, 5) is 34.2. The molecule has 0 radical (unpaired) electrons. The number of hydrogen-bond donors (Lipinski definition) is 1. The number of aliphatic hydroxyl groups excluding tert-OH is 1. The van der Waals surface area contributed by atoms with Gasteiger partial charge in [0.15, 0.2) is 5.78 Å². The zero-order chi connectivity index (χ0) is 17.2. The first kappa shape index (κ1) is 20.8. The van der Waals surface area contributed by atoms with Crippen LogP contribution in [0.5, 0.6) is 0 Å². The zero-order valence-electron chi connectivity index (χ0n) is 12.7. The molecule has 22 heavy (non-hydrogen) atoms. The van der Waals surface area contributed by atoms with Crippen molar-refractivity contribution < 1.29 is 36.3 Å². The molecule has 0 aliphatic heterocycles. The van der Waals surface area contributed by atoms with E-state index < -0.39 is 28.9 Å². The van der Waals surface area contributed by atoms with Crippen LogP contribution >= 0.6 is 0 Å². The minimum absolute atomic E-state index is 0.0309. The molecule has 0 rings (SSSR count). The van der Waals surface area contributed by atoms with Crippen molar-refractivity contribution in [2.45, 2.75) is 51.6 Å². The molecule has 1 N–H and O–H groups in total. The highest BCUT2D eigenvalue weighted by Gasteiger charge is 2.14. The molecule has 0 saturated carbocycles. The van der Waals surface area contributed by atoms with Gasteiger partial charge in [0.2, 0.25) is 0 Å². The maximum absolute atomic E-state index is 11.5. The Morgan fingerprint density at radius 1 is 0.955 bits per heavy atom. The number of Topliss-reactive ketones (excluding diaryl/α,β-unsaturated/α-hetero) is 3. The van der Waals surface area contributed by atoms with Gasteiger partial charge in [-0.25, -0.2) is 4.18 Å². The molecular weight excluding hydrogens is 316 g/mol. The Kier molecular flexibility index (Phi) is 9.99. The van der Waals surface area contributed by atoms with Gasteiger partial charge in [-0.15, -0.1) is 0 Å². The minimum Gasteiger partial charge on any atom is -0.393 e. The SMILES string of the molecule is COS(=O)(=O)OCC(=O)CCC(=O)CCC(=O)CCC(C)O. The van der Waals surface area contributed by atoms with Gasteiger partial charge < -0.3 is 5.11 Å². The summed E-state index contributed by atoms with van der Waals surface area (Å²) >= 11 is 0. The van der Waals surface area contributed by atoms with Crippen molar-refractivity contribution in [1.82, 2.24) is 0 Å². The Labute approximate surface area is 130 Å². The lowest BCUT2D eigenvalue weighted by atomic mass is 10.0. The fourth-order valence-electron chi connectivity index (χ4n) is 1.44. The topological polar surface area (TPSA) is 124 Å². The van der Waals surface area contributed by atoms with E-state index >= 15 is 0 Å². The Hall–Kier alpha value is -1.16. The highest BCUT2D eigenvalue weighted by Crippen LogP contribution is 2.06. The molecular formula is C13H22O8S. The molecule has 0 spiro atoms. The van der Waals surface area contributed by atoms with Gasteiger partial charge in [-0.05, 0) is 13.3 Å². The molecule has 0 fully saturated rings. The van der Waals surface area contributed by atoms with Crippen LogP contribution in [-0.2, 0) is 33.1 Å². The van der Waals surface area contributed by atoms with Crippen LogP contribution in [0.3, 0.4) is 0 Å². The minimum atomic E-state index is -4.16. The first-order valence-electron chi connectivity index (χ1n) is 6.84. The van der Waals surface area contributed by atoms with Crippen molar-refractivity contribution >= 4 is 27.7 Å². The maximum atomic E-state index is 11.5. The normalized spacial score (nSPS) is 12.9. The smallest absolute Gasteiger partial charge is 0.393 e. The molecule has 0 aromatic heterocycles. The van der Waals surface area contributed by atoms with E-state index in [1.54, 1.807) is 6.92 Å². The fourth-order valence-corrected chi connectivity index (χ4v) is 1.81. The van der Waals surface area contributed by atoms with Crippen LogP contribution < -0.4 is 0 Å². The quantitative estimate of drug-likeness (QED) is 0.509. The summed E-state index contributed by atoms with van der Waals surface area (Å²) < 4.78 is 29.9. The van der Waals surface area contributed by atoms with Crippen LogP contribution in [0.2, 0.25) is 0 Å². The summed E-state index contributed by atoms with van der Waals surface area (Å²) in [6.45, 7) is 0.896. The average molecular weight is 338 g/mol. The molecule has 0 amide bonds. The molecule has 0 aromatic rings. The van der Waals surface area contributed by atoms with Gasteiger partial charge >= 0.3 is 10.4 Å². The largest absolute Gasteiger partial charge is 0.400 e. The summed E-state index contributed by atoms with van der Waals surface area (Å²) in [6, 6.07) is 0. The van der Waals surface area contributed by atoms with Crippen LogP contribution in [0.15, 0.2) is 0 Å². The van der Waals surface area contributed by atoms with Crippen molar-refractivity contribution in [3.8, 4) is 0 Å². The van der Waals surface area contributed by atoms with E-state index in [2.05, 4.69) is 8.37 Å². The summed E-state index contributed by atoms with van der Waals surface area (Å²) in [7, 11) is -3.26. The molecule has 0 heterocycles. The molecule has 9 heteroatoms. The first-order chi connectivity index (χ1) is 10.2. The zero-order valence-corrected chi connectivity index (χ0v) is 13.6. The van der Waals surface area contributed by atoms with Gasteiger partial charge in [0.1, 0.15) is 18.2 Å². The van der Waals surface area contributed by atoms with Gasteiger partial charge in [0.25, 0.3) is 0 Å². The second kappa shape index (κ2) is 10.5. The van der Waals surface area contributed by atoms with E-state index in [9.17, 15) is 22.8 Å². The second-order valence-electron chi connectivity index (χ2n) is 4.84. The lowest BCUT2D eigenvalue weighted by molar-refractivity contribution is -0.126. The third-order valence-corrected chi connectivity index (χ3v) is 3.59. The third-order valence-electron chi connectivity index (χ3n) is 2.77. The average Bonchev–Trinajstić information content (AvgIpc) is 2.46. The van der Waals surface area contributed by atoms with Crippen LogP contribution in [0.25, 0.3) is 0 Å². The number of carbonyl (C=O) groups excluding carboxylic acids is 3. The van der Waals surface area contributed by atoms with Crippen molar-refractivity contribution in [3.63, 3.8) is 0 Å². The van der Waals surface area contributed by atoms with E-state index in [0.717, 1.165) is 7.11 Å². The lowest BCUT2D eigenvalue weighted by Gasteiger charge is -2.04. The predicted molar refractivity (Wildman–Crippen MR) is 76.3 cm³/mol. The molecule has 0 bridgehead atoms. The van der Waals surface area contributed by atoms with E-state index in [1.165, 1.54) is 0 Å². The number of rotatable bonds is 13. The first-order valence-corrected chi connectivity index (χ1v) is 8.17. The second-order valence-corrected chi connectivity index (χ2v) is 6.23. The van der Waals surface area contributed by atoms with Gasteiger partial charge in [-0.2, -0.15) is 8.42 Å². The molecule has 0 aromatic carbocycles. The number of ketones is 3. The Morgan fingerprint density at radius 3 is 1.86 bits per heavy atom. The van der Waals surface area contributed by atoms with Crippen molar-refractivity contribution in [1.29, 1.82) is 0 Å². The number of carbonyl (C=O) groups is 3. The highest BCUT2D eigenvalue weighted by molar-refractivity contribution is 7.81. The van der Waals surface area contributed by atoms with Gasteiger partial charge in [-0.1, -0.05) is 0 Å². The Morgan fingerprint density at radius 2 is 1.41 bits per heavy atom. The molecule has 0 aliphatic rings. The predicted octanol–water partition coefficient (Wildman–Crippen LogP) is 0.323. The van der Waals surface area contributed by atoms with E-state index in [4.69, 9.17) is 5.11 Å². The number of aliphatic hydroxyl groups is 1. The molecule has 0 aliphatic carbocycles. The van der Waals surface area contributed by atoms with Gasteiger partial charge in [-0.3, -0.25) is 18.6 Å². The van der Waals surface area contributed by atoms with Crippen LogP contribution in [-0.4, -0.2) is 50.7 Å². The molecule has 8 nitrogen and oxygen atoms in total. The van der Waals surface area contributed by atoms with Gasteiger partial charge in [0, 0.05) is 32.1 Å². The van der Waals surface area contributed by atoms with E-state index in [-0.39, 0.29) is 43.7 Å². The molecule has 0 saturated heterocycles. The monoisotopic (exact) mass is 338 g/mol. The standard InChI is InChI=1S/C13H22O8S/c1-10(14)3-4-11(15)5-6-12(16)7-8-13(17)9-21-22(18,19)20-2/h10,14H,3-9H2,1-2H3. The van der Waals surface area contributed by atoms with Gasteiger partial charge in [0.05, 0.1) is 13.2 Å². The lowest BCUT2D eigenvalue weighted by Crippen LogP contribution is -2.16. The Balaban J connectivity index is 3.85.